The maximum Gasteiger partial charge on any atom is 0.306 e. The van der Waals surface area contributed by atoms with Crippen molar-refractivity contribution in [2.75, 3.05) is 13.2 Å². The Morgan fingerprint density at radius 2 is 0.429 bits per heavy atom. The van der Waals surface area contributed by atoms with Crippen molar-refractivity contribution in [3.63, 3.8) is 0 Å². The largest absolute Gasteiger partial charge is 0.462 e. The van der Waals surface area contributed by atoms with E-state index in [1.807, 2.05) is 0 Å². The van der Waals surface area contributed by atoms with Gasteiger partial charge in [0, 0.05) is 19.3 Å². The zero-order valence-electron chi connectivity index (χ0n) is 42.9. The summed E-state index contributed by atoms with van der Waals surface area (Å²) >= 11 is 0. The molecular formula is C57H110O6. The third kappa shape index (κ3) is 51.3. The SMILES string of the molecule is CCCCCCCCCCCCCCCCCCCCCCCCCCCCC(=O)OCC(COC(=O)CCCCCCCCC)OC(=O)CCCCCCCCCCCCCC. The van der Waals surface area contributed by atoms with Crippen LogP contribution >= 0.6 is 0 Å². The van der Waals surface area contributed by atoms with Gasteiger partial charge in [-0.15, -0.1) is 0 Å². The Morgan fingerprint density at radius 3 is 0.635 bits per heavy atom. The molecule has 6 nitrogen and oxygen atoms in total. The summed E-state index contributed by atoms with van der Waals surface area (Å²) in [4.78, 5) is 37.8. The predicted molar refractivity (Wildman–Crippen MR) is 270 cm³/mol. The highest BCUT2D eigenvalue weighted by molar-refractivity contribution is 5.71. The normalized spacial score (nSPS) is 11.9. The first-order chi connectivity index (χ1) is 31.0. The van der Waals surface area contributed by atoms with E-state index in [4.69, 9.17) is 14.2 Å². The summed E-state index contributed by atoms with van der Waals surface area (Å²) in [6, 6.07) is 0. The quantitative estimate of drug-likeness (QED) is 0.0344. The summed E-state index contributed by atoms with van der Waals surface area (Å²) < 4.78 is 16.8. The molecule has 0 saturated carbocycles. The van der Waals surface area contributed by atoms with Crippen molar-refractivity contribution in [3.8, 4) is 0 Å². The second-order valence-electron chi connectivity index (χ2n) is 19.6. The van der Waals surface area contributed by atoms with E-state index in [1.165, 1.54) is 231 Å². The molecule has 0 spiro atoms. The van der Waals surface area contributed by atoms with Gasteiger partial charge < -0.3 is 14.2 Å². The molecule has 0 heterocycles. The molecule has 0 fully saturated rings. The van der Waals surface area contributed by atoms with Gasteiger partial charge in [-0.1, -0.05) is 290 Å². The fraction of sp³-hybridized carbons (Fsp3) is 0.947. The number of rotatable bonds is 53. The van der Waals surface area contributed by atoms with E-state index < -0.39 is 6.10 Å². The van der Waals surface area contributed by atoms with Gasteiger partial charge in [-0.2, -0.15) is 0 Å². The van der Waals surface area contributed by atoms with Crippen molar-refractivity contribution < 1.29 is 28.6 Å². The van der Waals surface area contributed by atoms with Gasteiger partial charge in [0.1, 0.15) is 13.2 Å². The van der Waals surface area contributed by atoms with Crippen LogP contribution < -0.4 is 0 Å². The van der Waals surface area contributed by atoms with Gasteiger partial charge in [0.2, 0.25) is 0 Å². The lowest BCUT2D eigenvalue weighted by atomic mass is 10.0. The van der Waals surface area contributed by atoms with Gasteiger partial charge in [-0.25, -0.2) is 0 Å². The summed E-state index contributed by atoms with van der Waals surface area (Å²) in [5.74, 6) is -0.847. The average molecular weight is 892 g/mol. The zero-order valence-corrected chi connectivity index (χ0v) is 42.9. The van der Waals surface area contributed by atoms with E-state index >= 15 is 0 Å². The van der Waals surface area contributed by atoms with Crippen LogP contribution in [0.25, 0.3) is 0 Å². The van der Waals surface area contributed by atoms with Gasteiger partial charge in [-0.3, -0.25) is 14.4 Å². The summed E-state index contributed by atoms with van der Waals surface area (Å²) in [6.45, 7) is 6.65. The molecule has 63 heavy (non-hydrogen) atoms. The minimum Gasteiger partial charge on any atom is -0.462 e. The molecule has 0 N–H and O–H groups in total. The number of hydrogen-bond donors (Lipinski definition) is 0. The van der Waals surface area contributed by atoms with Crippen molar-refractivity contribution in [1.82, 2.24) is 0 Å². The molecule has 0 aliphatic carbocycles. The van der Waals surface area contributed by atoms with E-state index in [1.54, 1.807) is 0 Å². The average Bonchev–Trinajstić information content (AvgIpc) is 3.28. The Bertz CT molecular complexity index is 936. The van der Waals surface area contributed by atoms with Crippen LogP contribution in [0.5, 0.6) is 0 Å². The Morgan fingerprint density at radius 1 is 0.254 bits per heavy atom. The number of unbranched alkanes of at least 4 members (excludes halogenated alkanes) is 42. The predicted octanol–water partition coefficient (Wildman–Crippen LogP) is 18.8. The highest BCUT2D eigenvalue weighted by Crippen LogP contribution is 2.18. The first kappa shape index (κ1) is 61.4. The summed E-state index contributed by atoms with van der Waals surface area (Å²) in [7, 11) is 0. The lowest BCUT2D eigenvalue weighted by molar-refractivity contribution is -0.167. The van der Waals surface area contributed by atoms with Crippen LogP contribution in [0.15, 0.2) is 0 Å². The Labute approximate surface area is 393 Å². The second kappa shape index (κ2) is 53.0. The summed E-state index contributed by atoms with van der Waals surface area (Å²) in [5.41, 5.74) is 0. The smallest absolute Gasteiger partial charge is 0.306 e. The van der Waals surface area contributed by atoms with Crippen molar-refractivity contribution >= 4 is 17.9 Å². The standard InChI is InChI=1S/C57H110O6/c1-4-7-10-13-16-18-20-22-23-24-25-26-27-28-29-30-31-32-33-34-35-37-38-41-44-47-50-56(59)62-53-54(52-61-55(58)49-46-43-40-15-12-9-6-3)63-57(60)51-48-45-42-39-36-21-19-17-14-11-8-5-2/h54H,4-53H2,1-3H3. The highest BCUT2D eigenvalue weighted by Gasteiger charge is 2.19. The zero-order chi connectivity index (χ0) is 45.8. The third-order valence-corrected chi connectivity index (χ3v) is 13.1. The van der Waals surface area contributed by atoms with Crippen molar-refractivity contribution in [2.24, 2.45) is 0 Å². The van der Waals surface area contributed by atoms with Crippen molar-refractivity contribution in [2.45, 2.75) is 335 Å². The monoisotopic (exact) mass is 891 g/mol. The lowest BCUT2D eigenvalue weighted by Gasteiger charge is -2.18. The van der Waals surface area contributed by atoms with Crippen LogP contribution in [-0.2, 0) is 28.6 Å². The number of carbonyl (C=O) groups is 3. The molecule has 0 rings (SSSR count). The summed E-state index contributed by atoms with van der Waals surface area (Å²) in [6.07, 6.45) is 58.5. The number of ether oxygens (including phenoxy) is 3. The van der Waals surface area contributed by atoms with Crippen molar-refractivity contribution in [1.29, 1.82) is 0 Å². The summed E-state index contributed by atoms with van der Waals surface area (Å²) in [5, 5.41) is 0. The van der Waals surface area contributed by atoms with Gasteiger partial charge >= 0.3 is 17.9 Å². The van der Waals surface area contributed by atoms with E-state index in [-0.39, 0.29) is 31.1 Å². The van der Waals surface area contributed by atoms with Gasteiger partial charge in [0.05, 0.1) is 0 Å². The van der Waals surface area contributed by atoms with Crippen LogP contribution in [0.3, 0.4) is 0 Å². The van der Waals surface area contributed by atoms with Crippen LogP contribution in [0.1, 0.15) is 329 Å². The first-order valence-electron chi connectivity index (χ1n) is 28.5. The molecule has 1 atom stereocenters. The fourth-order valence-corrected chi connectivity index (χ4v) is 8.80. The number of hydrogen-bond acceptors (Lipinski definition) is 6. The number of carbonyl (C=O) groups excluding carboxylic acids is 3. The number of esters is 3. The van der Waals surface area contributed by atoms with E-state index in [9.17, 15) is 14.4 Å². The van der Waals surface area contributed by atoms with Gasteiger partial charge in [0.15, 0.2) is 6.10 Å². The Hall–Kier alpha value is -1.59. The molecule has 0 aliphatic rings. The molecule has 0 aromatic heterocycles. The molecule has 0 aromatic rings. The van der Waals surface area contributed by atoms with Crippen LogP contribution in [0, 0.1) is 0 Å². The van der Waals surface area contributed by atoms with E-state index in [2.05, 4.69) is 20.8 Å². The Balaban J connectivity index is 4.00. The van der Waals surface area contributed by atoms with Crippen LogP contribution in [0.2, 0.25) is 0 Å². The molecule has 0 amide bonds. The maximum absolute atomic E-state index is 12.7. The molecule has 6 heteroatoms. The molecule has 0 aromatic carbocycles. The van der Waals surface area contributed by atoms with Crippen molar-refractivity contribution in [3.05, 3.63) is 0 Å². The molecule has 1 unspecified atom stereocenters. The molecular weight excluding hydrogens is 781 g/mol. The first-order valence-corrected chi connectivity index (χ1v) is 28.5. The van der Waals surface area contributed by atoms with E-state index in [0.29, 0.717) is 19.3 Å². The Kier molecular flexibility index (Phi) is 51.7. The van der Waals surface area contributed by atoms with Gasteiger partial charge in [-0.05, 0) is 19.3 Å². The molecule has 0 radical (unpaired) electrons. The third-order valence-electron chi connectivity index (χ3n) is 13.1. The molecule has 374 valence electrons. The van der Waals surface area contributed by atoms with E-state index in [0.717, 1.165) is 57.8 Å². The molecule has 0 bridgehead atoms. The van der Waals surface area contributed by atoms with Crippen LogP contribution in [-0.4, -0.2) is 37.2 Å². The lowest BCUT2D eigenvalue weighted by Crippen LogP contribution is -2.30. The topological polar surface area (TPSA) is 78.9 Å². The minimum atomic E-state index is -0.759. The maximum atomic E-state index is 12.7. The van der Waals surface area contributed by atoms with Crippen LogP contribution in [0.4, 0.5) is 0 Å². The van der Waals surface area contributed by atoms with Gasteiger partial charge in [0.25, 0.3) is 0 Å². The molecule has 0 aliphatic heterocycles. The second-order valence-corrected chi connectivity index (χ2v) is 19.6. The molecule has 0 saturated heterocycles. The highest BCUT2D eigenvalue weighted by atomic mass is 16.6. The fourth-order valence-electron chi connectivity index (χ4n) is 8.80. The minimum absolute atomic E-state index is 0.0623.